The molecular formula is C4H9FS. The van der Waals surface area contributed by atoms with Crippen LogP contribution in [0, 0.1) is 0 Å². The van der Waals surface area contributed by atoms with E-state index in [0.29, 0.717) is 0 Å². The van der Waals surface area contributed by atoms with Gasteiger partial charge in [0.2, 0.25) is 0 Å². The second-order valence-electron chi connectivity index (χ2n) is 1.42. The van der Waals surface area contributed by atoms with Gasteiger partial charge in [0.25, 0.3) is 0 Å². The van der Waals surface area contributed by atoms with Crippen LogP contribution in [0.2, 0.25) is 0 Å². The summed E-state index contributed by atoms with van der Waals surface area (Å²) in [5.74, 6) is 0. The van der Waals surface area contributed by atoms with E-state index >= 15 is 0 Å². The predicted octanol–water partition coefficient (Wildman–Crippen LogP) is 1.66. The van der Waals surface area contributed by atoms with Crippen molar-refractivity contribution in [2.24, 2.45) is 0 Å². The quantitative estimate of drug-likeness (QED) is 0.485. The van der Waals surface area contributed by atoms with Gasteiger partial charge in [-0.2, -0.15) is 12.6 Å². The minimum absolute atomic E-state index is 0.120. The SMILES string of the molecule is CC(F)C(C)S. The Bertz CT molecular complexity index is 28.5. The summed E-state index contributed by atoms with van der Waals surface area (Å²) >= 11 is 3.82. The van der Waals surface area contributed by atoms with Gasteiger partial charge >= 0.3 is 0 Å². The van der Waals surface area contributed by atoms with E-state index in [-0.39, 0.29) is 5.25 Å². The van der Waals surface area contributed by atoms with E-state index < -0.39 is 6.17 Å². The largest absolute Gasteiger partial charge is 0.247 e. The Kier molecular flexibility index (Phi) is 2.57. The molecule has 2 unspecified atom stereocenters. The topological polar surface area (TPSA) is 0 Å². The van der Waals surface area contributed by atoms with Gasteiger partial charge in [0.05, 0.1) is 0 Å². The minimum Gasteiger partial charge on any atom is -0.247 e. The van der Waals surface area contributed by atoms with Gasteiger partial charge in [-0.05, 0) is 6.92 Å². The molecule has 0 bridgehead atoms. The third-order valence-electron chi connectivity index (χ3n) is 0.665. The van der Waals surface area contributed by atoms with Crippen LogP contribution in [0.5, 0.6) is 0 Å². The Hall–Kier alpha value is 0.280. The summed E-state index contributed by atoms with van der Waals surface area (Å²) in [6.07, 6.45) is -0.784. The highest BCUT2D eigenvalue weighted by molar-refractivity contribution is 7.81. The molecule has 0 radical (unpaired) electrons. The molecule has 0 fully saturated rings. The van der Waals surface area contributed by atoms with Crippen LogP contribution in [-0.2, 0) is 0 Å². The summed E-state index contributed by atoms with van der Waals surface area (Å²) in [7, 11) is 0. The maximum absolute atomic E-state index is 11.7. The molecule has 2 heteroatoms. The maximum atomic E-state index is 11.7. The molecule has 0 aromatic heterocycles. The first-order chi connectivity index (χ1) is 2.64. The van der Waals surface area contributed by atoms with Crippen LogP contribution in [-0.4, -0.2) is 11.4 Å². The van der Waals surface area contributed by atoms with Gasteiger partial charge in [0.1, 0.15) is 6.17 Å². The molecule has 0 aliphatic carbocycles. The van der Waals surface area contributed by atoms with Crippen molar-refractivity contribution in [3.05, 3.63) is 0 Å². The van der Waals surface area contributed by atoms with Gasteiger partial charge in [0.15, 0.2) is 0 Å². The lowest BCUT2D eigenvalue weighted by Gasteiger charge is -2.00. The third-order valence-corrected chi connectivity index (χ3v) is 1.08. The van der Waals surface area contributed by atoms with Gasteiger partial charge in [-0.3, -0.25) is 0 Å². The molecule has 0 N–H and O–H groups in total. The summed E-state index contributed by atoms with van der Waals surface area (Å²) in [4.78, 5) is 0. The molecule has 0 rings (SSSR count). The van der Waals surface area contributed by atoms with Gasteiger partial charge in [-0.15, -0.1) is 0 Å². The van der Waals surface area contributed by atoms with Crippen molar-refractivity contribution in [3.8, 4) is 0 Å². The summed E-state index contributed by atoms with van der Waals surface area (Å²) in [5.41, 5.74) is 0. The van der Waals surface area contributed by atoms with Crippen LogP contribution >= 0.6 is 12.6 Å². The van der Waals surface area contributed by atoms with Crippen molar-refractivity contribution in [2.45, 2.75) is 25.3 Å². The highest BCUT2D eigenvalue weighted by Crippen LogP contribution is 2.01. The van der Waals surface area contributed by atoms with E-state index in [1.807, 2.05) is 0 Å². The zero-order valence-corrected chi connectivity index (χ0v) is 4.87. The van der Waals surface area contributed by atoms with Crippen LogP contribution in [0.4, 0.5) is 4.39 Å². The fourth-order valence-electron chi connectivity index (χ4n) is 0. The lowest BCUT2D eigenvalue weighted by atomic mass is 10.3. The van der Waals surface area contributed by atoms with E-state index in [1.165, 1.54) is 6.92 Å². The summed E-state index contributed by atoms with van der Waals surface area (Å²) in [6.45, 7) is 3.23. The lowest BCUT2D eigenvalue weighted by Crippen LogP contribution is -2.05. The van der Waals surface area contributed by atoms with E-state index in [1.54, 1.807) is 6.92 Å². The summed E-state index contributed by atoms with van der Waals surface area (Å²) < 4.78 is 11.7. The first kappa shape index (κ1) is 6.28. The van der Waals surface area contributed by atoms with Crippen molar-refractivity contribution < 1.29 is 4.39 Å². The Labute approximate surface area is 43.2 Å². The highest BCUT2D eigenvalue weighted by atomic mass is 32.1. The number of hydrogen-bond donors (Lipinski definition) is 1. The van der Waals surface area contributed by atoms with Gasteiger partial charge < -0.3 is 0 Å². The minimum atomic E-state index is -0.784. The smallest absolute Gasteiger partial charge is 0.109 e. The van der Waals surface area contributed by atoms with Crippen LogP contribution in [0.3, 0.4) is 0 Å². The third kappa shape index (κ3) is 2.51. The van der Waals surface area contributed by atoms with Crippen molar-refractivity contribution >= 4 is 12.6 Å². The monoisotopic (exact) mass is 108 g/mol. The molecule has 0 saturated heterocycles. The Morgan fingerprint density at radius 3 is 1.67 bits per heavy atom. The Balaban J connectivity index is 2.99. The van der Waals surface area contributed by atoms with Crippen LogP contribution < -0.4 is 0 Å². The molecule has 6 heavy (non-hydrogen) atoms. The number of thiol groups is 1. The fraction of sp³-hybridized carbons (Fsp3) is 1.00. The van der Waals surface area contributed by atoms with E-state index in [9.17, 15) is 4.39 Å². The van der Waals surface area contributed by atoms with Gasteiger partial charge in [-0.1, -0.05) is 6.92 Å². The number of halogens is 1. The van der Waals surface area contributed by atoms with E-state index in [2.05, 4.69) is 12.6 Å². The fourth-order valence-corrected chi connectivity index (χ4v) is 0. The molecule has 0 aliphatic rings. The highest BCUT2D eigenvalue weighted by Gasteiger charge is 2.01. The molecule has 2 atom stereocenters. The summed E-state index contributed by atoms with van der Waals surface area (Å²) in [6, 6.07) is 0. The molecule has 0 spiro atoms. The zero-order valence-electron chi connectivity index (χ0n) is 3.98. The summed E-state index contributed by atoms with van der Waals surface area (Å²) in [5, 5.41) is -0.120. The average Bonchev–Trinajstić information content (AvgIpc) is 1.36. The molecule has 0 aliphatic heterocycles. The van der Waals surface area contributed by atoms with Crippen molar-refractivity contribution in [2.75, 3.05) is 0 Å². The van der Waals surface area contributed by atoms with Crippen molar-refractivity contribution in [1.29, 1.82) is 0 Å². The lowest BCUT2D eigenvalue weighted by molar-refractivity contribution is 0.361. The van der Waals surface area contributed by atoms with Crippen LogP contribution in [0.15, 0.2) is 0 Å². The average molecular weight is 108 g/mol. The number of rotatable bonds is 1. The predicted molar refractivity (Wildman–Crippen MR) is 29.0 cm³/mol. The molecule has 0 aromatic rings. The van der Waals surface area contributed by atoms with Gasteiger partial charge in [0, 0.05) is 5.25 Å². The normalized spacial score (nSPS) is 20.0. The molecule has 0 nitrogen and oxygen atoms in total. The Morgan fingerprint density at radius 2 is 1.67 bits per heavy atom. The first-order valence-electron chi connectivity index (χ1n) is 1.96. The van der Waals surface area contributed by atoms with Crippen molar-refractivity contribution in [1.82, 2.24) is 0 Å². The molecule has 0 heterocycles. The number of alkyl halides is 1. The van der Waals surface area contributed by atoms with Crippen molar-refractivity contribution in [3.63, 3.8) is 0 Å². The second-order valence-corrected chi connectivity index (χ2v) is 2.23. The standard InChI is InChI=1S/C4H9FS/c1-3(5)4(2)6/h3-4,6H,1-2H3. The maximum Gasteiger partial charge on any atom is 0.109 e. The Morgan fingerprint density at radius 1 is 1.50 bits per heavy atom. The van der Waals surface area contributed by atoms with Crippen LogP contribution in [0.1, 0.15) is 13.8 Å². The van der Waals surface area contributed by atoms with E-state index in [4.69, 9.17) is 0 Å². The zero-order chi connectivity index (χ0) is 5.15. The van der Waals surface area contributed by atoms with Crippen LogP contribution in [0.25, 0.3) is 0 Å². The molecule has 38 valence electrons. The van der Waals surface area contributed by atoms with E-state index in [0.717, 1.165) is 0 Å². The second kappa shape index (κ2) is 2.45. The molecule has 0 saturated carbocycles. The number of hydrogen-bond acceptors (Lipinski definition) is 1. The van der Waals surface area contributed by atoms with Gasteiger partial charge in [-0.25, -0.2) is 4.39 Å². The molecule has 0 amide bonds. The first-order valence-corrected chi connectivity index (χ1v) is 2.48. The molecule has 0 aromatic carbocycles. The molecular weight excluding hydrogens is 99.1 g/mol.